The summed E-state index contributed by atoms with van der Waals surface area (Å²) in [4.78, 5) is 10.2. The number of aryl methyl sites for hydroxylation is 1. The Morgan fingerprint density at radius 1 is 1.47 bits per heavy atom. The van der Waals surface area contributed by atoms with E-state index in [-0.39, 0.29) is 17.7 Å². The molecule has 2 N–H and O–H groups in total. The molecule has 0 amide bonds. The number of halogens is 1. The molecule has 0 heterocycles. The van der Waals surface area contributed by atoms with Crippen molar-refractivity contribution in [2.24, 2.45) is 0 Å². The van der Waals surface area contributed by atoms with Crippen LogP contribution in [0.3, 0.4) is 0 Å². The van der Waals surface area contributed by atoms with Gasteiger partial charge in [-0.25, -0.2) is 17.5 Å². The lowest BCUT2D eigenvalue weighted by molar-refractivity contribution is -0.137. The molecular weight excluding hydrogens is 273 g/mol. The van der Waals surface area contributed by atoms with E-state index in [1.807, 2.05) is 0 Å². The molecule has 1 aromatic carbocycles. The summed E-state index contributed by atoms with van der Waals surface area (Å²) in [7, 11) is -3.83. The van der Waals surface area contributed by atoms with Crippen molar-refractivity contribution in [3.63, 3.8) is 0 Å². The number of rotatable bonds is 6. The van der Waals surface area contributed by atoms with Gasteiger partial charge >= 0.3 is 5.97 Å². The van der Waals surface area contributed by atoms with Gasteiger partial charge in [0.2, 0.25) is 10.0 Å². The van der Waals surface area contributed by atoms with E-state index in [2.05, 4.69) is 4.72 Å². The lowest BCUT2D eigenvalue weighted by atomic mass is 10.2. The molecule has 1 unspecified atom stereocenters. The first-order valence-corrected chi connectivity index (χ1v) is 7.21. The molecule has 0 aliphatic heterocycles. The molecule has 1 aromatic rings. The van der Waals surface area contributed by atoms with Gasteiger partial charge in [0.05, 0.1) is 4.90 Å². The number of carboxylic acid groups (broad SMARTS) is 1. The molecular formula is C12H16FNO4S. The van der Waals surface area contributed by atoms with Crippen molar-refractivity contribution in [3.05, 3.63) is 29.6 Å². The molecule has 0 saturated heterocycles. The number of benzene rings is 1. The molecule has 1 atom stereocenters. The predicted molar refractivity (Wildman–Crippen MR) is 67.8 cm³/mol. The number of nitrogens with one attached hydrogen (secondary N) is 1. The van der Waals surface area contributed by atoms with E-state index in [4.69, 9.17) is 5.11 Å². The fourth-order valence-electron chi connectivity index (χ4n) is 1.47. The zero-order valence-electron chi connectivity index (χ0n) is 10.7. The maximum absolute atomic E-state index is 13.3. The lowest BCUT2D eigenvalue weighted by Crippen LogP contribution is -2.33. The second-order valence-corrected chi connectivity index (χ2v) is 6.08. The van der Waals surface area contributed by atoms with Crippen LogP contribution >= 0.6 is 0 Å². The van der Waals surface area contributed by atoms with Crippen molar-refractivity contribution < 1.29 is 22.7 Å². The Labute approximate surface area is 111 Å². The minimum atomic E-state index is -3.83. The largest absolute Gasteiger partial charge is 0.481 e. The summed E-state index contributed by atoms with van der Waals surface area (Å²) in [6.45, 7) is 3.10. The van der Waals surface area contributed by atoms with Crippen molar-refractivity contribution in [3.8, 4) is 0 Å². The van der Waals surface area contributed by atoms with Crippen molar-refractivity contribution in [1.29, 1.82) is 0 Å². The van der Waals surface area contributed by atoms with E-state index in [0.717, 1.165) is 6.07 Å². The summed E-state index contributed by atoms with van der Waals surface area (Å²) in [6.07, 6.45) is 0.0366. The number of sulfonamides is 1. The van der Waals surface area contributed by atoms with E-state index >= 15 is 0 Å². The highest BCUT2D eigenvalue weighted by Crippen LogP contribution is 2.15. The van der Waals surface area contributed by atoms with Crippen LogP contribution in [0.25, 0.3) is 0 Å². The first kappa shape index (κ1) is 15.6. The maximum Gasteiger partial charge on any atom is 0.303 e. The number of hydrogen-bond donors (Lipinski definition) is 2. The van der Waals surface area contributed by atoms with E-state index in [9.17, 15) is 17.6 Å². The summed E-state index contributed by atoms with van der Waals surface area (Å²) >= 11 is 0. The summed E-state index contributed by atoms with van der Waals surface area (Å²) in [6, 6.07) is 3.10. The molecule has 0 saturated carbocycles. The molecule has 0 aromatic heterocycles. The fraction of sp³-hybridized carbons (Fsp3) is 0.417. The third-order valence-electron chi connectivity index (χ3n) is 2.60. The molecule has 0 radical (unpaired) electrons. The first-order chi connectivity index (χ1) is 8.72. The minimum Gasteiger partial charge on any atom is -0.481 e. The molecule has 0 spiro atoms. The lowest BCUT2D eigenvalue weighted by Gasteiger charge is -2.13. The minimum absolute atomic E-state index is 0.133. The van der Waals surface area contributed by atoms with Crippen LogP contribution in [0.2, 0.25) is 0 Å². The molecule has 1 rings (SSSR count). The van der Waals surface area contributed by atoms with Gasteiger partial charge in [-0.2, -0.15) is 0 Å². The average molecular weight is 289 g/mol. The molecule has 106 valence electrons. The molecule has 0 aliphatic rings. The number of carbonyl (C=O) groups is 1. The van der Waals surface area contributed by atoms with Gasteiger partial charge in [0.15, 0.2) is 0 Å². The zero-order valence-corrected chi connectivity index (χ0v) is 11.5. The second-order valence-electron chi connectivity index (χ2n) is 4.37. The van der Waals surface area contributed by atoms with Crippen LogP contribution in [0.1, 0.15) is 25.3 Å². The molecule has 7 heteroatoms. The van der Waals surface area contributed by atoms with Crippen molar-refractivity contribution >= 4 is 16.0 Å². The van der Waals surface area contributed by atoms with Crippen molar-refractivity contribution in [1.82, 2.24) is 4.72 Å². The van der Waals surface area contributed by atoms with E-state index < -0.39 is 27.9 Å². The second kappa shape index (κ2) is 6.12. The van der Waals surface area contributed by atoms with Crippen LogP contribution in [0.4, 0.5) is 4.39 Å². The molecule has 19 heavy (non-hydrogen) atoms. The van der Waals surface area contributed by atoms with Crippen LogP contribution in [0.15, 0.2) is 23.1 Å². The van der Waals surface area contributed by atoms with E-state index in [1.165, 1.54) is 19.1 Å². The Hall–Kier alpha value is -1.47. The molecule has 0 aliphatic carbocycles. The Bertz CT molecular complexity index is 571. The van der Waals surface area contributed by atoms with Gasteiger partial charge in [-0.05, 0) is 38.0 Å². The topological polar surface area (TPSA) is 83.5 Å². The highest BCUT2D eigenvalue weighted by molar-refractivity contribution is 7.89. The van der Waals surface area contributed by atoms with E-state index in [0.29, 0.717) is 5.56 Å². The van der Waals surface area contributed by atoms with Crippen LogP contribution in [0, 0.1) is 12.7 Å². The summed E-state index contributed by atoms with van der Waals surface area (Å²) in [5.41, 5.74) is 0.359. The van der Waals surface area contributed by atoms with Gasteiger partial charge in [-0.1, -0.05) is 6.07 Å². The Balaban J connectivity index is 2.80. The highest BCUT2D eigenvalue weighted by Gasteiger charge is 2.18. The SMILES string of the molecule is Cc1ccc(S(=O)(=O)NC(C)CCC(=O)O)cc1F. The van der Waals surface area contributed by atoms with Crippen LogP contribution in [-0.4, -0.2) is 25.5 Å². The predicted octanol–water partition coefficient (Wildman–Crippen LogP) is 1.67. The van der Waals surface area contributed by atoms with Crippen molar-refractivity contribution in [2.45, 2.75) is 37.6 Å². The van der Waals surface area contributed by atoms with Gasteiger partial charge in [0.1, 0.15) is 5.82 Å². The van der Waals surface area contributed by atoms with Crippen LogP contribution in [0.5, 0.6) is 0 Å². The Morgan fingerprint density at radius 3 is 2.63 bits per heavy atom. The molecule has 5 nitrogen and oxygen atoms in total. The number of hydrogen-bond acceptors (Lipinski definition) is 3. The first-order valence-electron chi connectivity index (χ1n) is 5.72. The van der Waals surface area contributed by atoms with Gasteiger partial charge in [-0.3, -0.25) is 4.79 Å². The van der Waals surface area contributed by atoms with Gasteiger partial charge in [0.25, 0.3) is 0 Å². The third-order valence-corrected chi connectivity index (χ3v) is 4.19. The maximum atomic E-state index is 13.3. The Morgan fingerprint density at radius 2 is 2.11 bits per heavy atom. The van der Waals surface area contributed by atoms with Gasteiger partial charge in [0, 0.05) is 12.5 Å². The highest BCUT2D eigenvalue weighted by atomic mass is 32.2. The van der Waals surface area contributed by atoms with Crippen molar-refractivity contribution in [2.75, 3.05) is 0 Å². The quantitative estimate of drug-likeness (QED) is 0.834. The summed E-state index contributed by atoms with van der Waals surface area (Å²) in [5, 5.41) is 8.52. The zero-order chi connectivity index (χ0) is 14.6. The summed E-state index contributed by atoms with van der Waals surface area (Å²) in [5.74, 6) is -1.59. The number of aliphatic carboxylic acids is 1. The molecule has 0 fully saturated rings. The monoisotopic (exact) mass is 289 g/mol. The average Bonchev–Trinajstić information content (AvgIpc) is 2.29. The molecule has 0 bridgehead atoms. The third kappa shape index (κ3) is 4.60. The summed E-state index contributed by atoms with van der Waals surface area (Å²) < 4.78 is 39.5. The van der Waals surface area contributed by atoms with Crippen LogP contribution < -0.4 is 4.72 Å². The number of carboxylic acids is 1. The van der Waals surface area contributed by atoms with Crippen LogP contribution in [-0.2, 0) is 14.8 Å². The smallest absolute Gasteiger partial charge is 0.303 e. The fourth-order valence-corrected chi connectivity index (χ4v) is 2.76. The van der Waals surface area contributed by atoms with Gasteiger partial charge in [-0.15, -0.1) is 0 Å². The standard InChI is InChI=1S/C12H16FNO4S/c1-8-3-5-10(7-11(8)13)19(17,18)14-9(2)4-6-12(15)16/h3,5,7,9,14H,4,6H2,1-2H3,(H,15,16). The Kier molecular flexibility index (Phi) is 5.02. The van der Waals surface area contributed by atoms with Gasteiger partial charge < -0.3 is 5.11 Å². The van der Waals surface area contributed by atoms with E-state index in [1.54, 1.807) is 6.92 Å². The normalized spacial score (nSPS) is 13.2.